The van der Waals surface area contributed by atoms with Gasteiger partial charge in [0.15, 0.2) is 5.84 Å². The quantitative estimate of drug-likeness (QED) is 0.326. The fourth-order valence-corrected chi connectivity index (χ4v) is 1.33. The normalized spacial score (nSPS) is 11.4. The minimum atomic E-state index is -0.473. The average molecular weight is 251 g/mol. The summed E-state index contributed by atoms with van der Waals surface area (Å²) in [6.07, 6.45) is -0.632. The molecular formula is C12H17N3O3. The molecule has 0 aliphatic rings. The van der Waals surface area contributed by atoms with Gasteiger partial charge in [-0.3, -0.25) is 0 Å². The van der Waals surface area contributed by atoms with Gasteiger partial charge in [0.25, 0.3) is 0 Å². The zero-order chi connectivity index (χ0) is 13.5. The van der Waals surface area contributed by atoms with Crippen molar-refractivity contribution in [3.8, 4) is 0 Å². The third-order valence-electron chi connectivity index (χ3n) is 2.11. The molecule has 0 saturated heterocycles. The molecule has 18 heavy (non-hydrogen) atoms. The second-order valence-corrected chi connectivity index (χ2v) is 3.99. The standard InChI is InChI=1S/C12H17N3O3/c1-8(2)18-12(16)14-7-9-4-3-5-10(6-9)11(13)15-17/h3-6,8,17H,7H2,1-2H3,(H2,13,15)(H,14,16). The summed E-state index contributed by atoms with van der Waals surface area (Å²) in [4.78, 5) is 11.3. The Morgan fingerprint density at radius 1 is 1.56 bits per heavy atom. The van der Waals surface area contributed by atoms with Crippen LogP contribution in [0.4, 0.5) is 4.79 Å². The zero-order valence-corrected chi connectivity index (χ0v) is 10.4. The van der Waals surface area contributed by atoms with E-state index in [0.29, 0.717) is 12.1 Å². The topological polar surface area (TPSA) is 96.9 Å². The molecule has 0 aliphatic heterocycles. The summed E-state index contributed by atoms with van der Waals surface area (Å²) >= 11 is 0. The maximum Gasteiger partial charge on any atom is 0.407 e. The average Bonchev–Trinajstić information content (AvgIpc) is 2.35. The zero-order valence-electron chi connectivity index (χ0n) is 10.4. The first-order chi connectivity index (χ1) is 8.52. The molecule has 0 saturated carbocycles. The predicted octanol–water partition coefficient (Wildman–Crippen LogP) is 1.42. The third kappa shape index (κ3) is 4.32. The Balaban J connectivity index is 2.60. The minimum absolute atomic E-state index is 0.0293. The maximum absolute atomic E-state index is 11.3. The molecule has 0 bridgehead atoms. The molecule has 0 aromatic heterocycles. The van der Waals surface area contributed by atoms with E-state index in [-0.39, 0.29) is 11.9 Å². The molecule has 0 unspecified atom stereocenters. The van der Waals surface area contributed by atoms with E-state index in [0.717, 1.165) is 5.56 Å². The van der Waals surface area contributed by atoms with Crippen molar-refractivity contribution in [1.29, 1.82) is 0 Å². The smallest absolute Gasteiger partial charge is 0.407 e. The van der Waals surface area contributed by atoms with Crippen LogP contribution in [0.5, 0.6) is 0 Å². The second-order valence-electron chi connectivity index (χ2n) is 3.99. The van der Waals surface area contributed by atoms with Crippen LogP contribution in [-0.4, -0.2) is 23.2 Å². The van der Waals surface area contributed by atoms with Crippen molar-refractivity contribution < 1.29 is 14.7 Å². The largest absolute Gasteiger partial charge is 0.447 e. The fourth-order valence-electron chi connectivity index (χ4n) is 1.33. The van der Waals surface area contributed by atoms with Gasteiger partial charge in [-0.2, -0.15) is 0 Å². The molecule has 0 heterocycles. The Morgan fingerprint density at radius 3 is 2.89 bits per heavy atom. The van der Waals surface area contributed by atoms with E-state index in [1.54, 1.807) is 32.0 Å². The summed E-state index contributed by atoms with van der Waals surface area (Å²) in [6, 6.07) is 7.03. The van der Waals surface area contributed by atoms with E-state index in [4.69, 9.17) is 15.7 Å². The lowest BCUT2D eigenvalue weighted by Crippen LogP contribution is -2.26. The highest BCUT2D eigenvalue weighted by Gasteiger charge is 2.05. The monoisotopic (exact) mass is 251 g/mol. The van der Waals surface area contributed by atoms with Crippen molar-refractivity contribution in [2.45, 2.75) is 26.5 Å². The van der Waals surface area contributed by atoms with Gasteiger partial charge in [0, 0.05) is 12.1 Å². The number of nitrogens with zero attached hydrogens (tertiary/aromatic N) is 1. The van der Waals surface area contributed by atoms with Crippen LogP contribution in [0.15, 0.2) is 29.4 Å². The van der Waals surface area contributed by atoms with Crippen LogP contribution >= 0.6 is 0 Å². The molecular weight excluding hydrogens is 234 g/mol. The number of benzene rings is 1. The molecule has 0 radical (unpaired) electrons. The fraction of sp³-hybridized carbons (Fsp3) is 0.333. The van der Waals surface area contributed by atoms with Crippen molar-refractivity contribution in [1.82, 2.24) is 5.32 Å². The van der Waals surface area contributed by atoms with Gasteiger partial charge in [-0.25, -0.2) is 4.79 Å². The van der Waals surface area contributed by atoms with Crippen LogP contribution < -0.4 is 11.1 Å². The summed E-state index contributed by atoms with van der Waals surface area (Å²) < 4.78 is 4.93. The number of rotatable bonds is 4. The van der Waals surface area contributed by atoms with Gasteiger partial charge in [-0.15, -0.1) is 0 Å². The van der Waals surface area contributed by atoms with Crippen molar-refractivity contribution in [2.75, 3.05) is 0 Å². The Kier molecular flexibility index (Phi) is 4.98. The van der Waals surface area contributed by atoms with Crippen LogP contribution in [0, 0.1) is 0 Å². The summed E-state index contributed by atoms with van der Waals surface area (Å²) in [5, 5.41) is 14.1. The first-order valence-corrected chi connectivity index (χ1v) is 5.54. The van der Waals surface area contributed by atoms with Crippen LogP contribution in [0.3, 0.4) is 0 Å². The number of carbonyl (C=O) groups excluding carboxylic acids is 1. The molecule has 1 amide bonds. The summed E-state index contributed by atoms with van der Waals surface area (Å²) in [7, 11) is 0. The van der Waals surface area contributed by atoms with Gasteiger partial charge in [-0.1, -0.05) is 23.4 Å². The molecule has 6 heteroatoms. The third-order valence-corrected chi connectivity index (χ3v) is 2.11. The molecule has 0 atom stereocenters. The van der Waals surface area contributed by atoms with Gasteiger partial charge in [0.2, 0.25) is 0 Å². The SMILES string of the molecule is CC(C)OC(=O)NCc1cccc(/C(N)=N/O)c1. The van der Waals surface area contributed by atoms with E-state index < -0.39 is 6.09 Å². The van der Waals surface area contributed by atoms with Gasteiger partial charge < -0.3 is 21.0 Å². The van der Waals surface area contributed by atoms with Crippen LogP contribution in [0.2, 0.25) is 0 Å². The van der Waals surface area contributed by atoms with Gasteiger partial charge in [0.1, 0.15) is 0 Å². The second kappa shape index (κ2) is 6.48. The number of nitrogens with two attached hydrogens (primary N) is 1. The number of amides is 1. The van der Waals surface area contributed by atoms with Crippen LogP contribution in [0.25, 0.3) is 0 Å². The molecule has 0 spiro atoms. The van der Waals surface area contributed by atoms with E-state index in [1.165, 1.54) is 0 Å². The molecule has 98 valence electrons. The highest BCUT2D eigenvalue weighted by atomic mass is 16.6. The highest BCUT2D eigenvalue weighted by molar-refractivity contribution is 5.97. The van der Waals surface area contributed by atoms with E-state index in [2.05, 4.69) is 10.5 Å². The number of carbonyl (C=O) groups is 1. The predicted molar refractivity (Wildman–Crippen MR) is 67.4 cm³/mol. The number of amidine groups is 1. The van der Waals surface area contributed by atoms with Crippen LogP contribution in [0.1, 0.15) is 25.0 Å². The minimum Gasteiger partial charge on any atom is -0.447 e. The van der Waals surface area contributed by atoms with Crippen molar-refractivity contribution in [3.05, 3.63) is 35.4 Å². The first-order valence-electron chi connectivity index (χ1n) is 5.54. The van der Waals surface area contributed by atoms with Crippen molar-refractivity contribution >= 4 is 11.9 Å². The molecule has 1 rings (SSSR count). The Bertz CT molecular complexity index is 444. The number of alkyl carbamates (subject to hydrolysis) is 1. The van der Waals surface area contributed by atoms with Gasteiger partial charge >= 0.3 is 6.09 Å². The van der Waals surface area contributed by atoms with Gasteiger partial charge in [-0.05, 0) is 25.5 Å². The van der Waals surface area contributed by atoms with Gasteiger partial charge in [0.05, 0.1) is 6.10 Å². The van der Waals surface area contributed by atoms with E-state index >= 15 is 0 Å². The van der Waals surface area contributed by atoms with Crippen LogP contribution in [-0.2, 0) is 11.3 Å². The number of oxime groups is 1. The lowest BCUT2D eigenvalue weighted by molar-refractivity contribution is 0.115. The van der Waals surface area contributed by atoms with E-state index in [9.17, 15) is 4.79 Å². The maximum atomic E-state index is 11.3. The summed E-state index contributed by atoms with van der Waals surface area (Å²) in [6.45, 7) is 3.87. The van der Waals surface area contributed by atoms with E-state index in [1.807, 2.05) is 6.07 Å². The first kappa shape index (κ1) is 13.8. The Morgan fingerprint density at radius 2 is 2.28 bits per heavy atom. The number of ether oxygens (including phenoxy) is 1. The lowest BCUT2D eigenvalue weighted by Gasteiger charge is -2.10. The summed E-state index contributed by atoms with van der Waals surface area (Å²) in [5.41, 5.74) is 6.90. The number of nitrogens with one attached hydrogen (secondary N) is 1. The molecule has 6 nitrogen and oxygen atoms in total. The lowest BCUT2D eigenvalue weighted by atomic mass is 10.1. The molecule has 0 aliphatic carbocycles. The molecule has 0 fully saturated rings. The number of hydrogen-bond acceptors (Lipinski definition) is 4. The summed E-state index contributed by atoms with van der Waals surface area (Å²) in [5.74, 6) is 0.0293. The molecule has 4 N–H and O–H groups in total. The Hall–Kier alpha value is -2.24. The molecule has 1 aromatic carbocycles. The molecule has 1 aromatic rings. The highest BCUT2D eigenvalue weighted by Crippen LogP contribution is 2.05. The Labute approximate surface area is 105 Å². The van der Waals surface area contributed by atoms with Crippen molar-refractivity contribution in [2.24, 2.45) is 10.9 Å². The van der Waals surface area contributed by atoms with Crippen molar-refractivity contribution in [3.63, 3.8) is 0 Å². The number of hydrogen-bond donors (Lipinski definition) is 3.